The minimum atomic E-state index is -1.32. The van der Waals surface area contributed by atoms with Crippen molar-refractivity contribution < 1.29 is 49.0 Å². The van der Waals surface area contributed by atoms with Crippen LogP contribution in [0, 0.1) is 0 Å². The minimum absolute atomic E-state index is 0. The number of amides is 2. The Morgan fingerprint density at radius 2 is 1.52 bits per heavy atom. The summed E-state index contributed by atoms with van der Waals surface area (Å²) in [4.78, 5) is 35.9. The normalized spacial score (nSPS) is 17.7. The molecule has 1 fully saturated rings. The maximum Gasteiger partial charge on any atom is 1.00 e. The number of carbonyl (C=O) groups excluding carboxylic acids is 3. The van der Waals surface area contributed by atoms with E-state index >= 15 is 0 Å². The third-order valence-electron chi connectivity index (χ3n) is 5.07. The molecule has 1 saturated heterocycles. The summed E-state index contributed by atoms with van der Waals surface area (Å²) in [7, 11) is 0. The molecule has 3 rings (SSSR count). The molecule has 158 valence electrons. The van der Waals surface area contributed by atoms with Gasteiger partial charge in [0, 0.05) is 13.0 Å². The quantitative estimate of drug-likeness (QED) is 0.198. The van der Waals surface area contributed by atoms with Gasteiger partial charge in [-0.3, -0.25) is 14.9 Å². The van der Waals surface area contributed by atoms with Gasteiger partial charge in [-0.05, 0) is 30.4 Å². The molecule has 0 radical (unpaired) electrons. The second-order valence-corrected chi connectivity index (χ2v) is 7.43. The first-order valence-corrected chi connectivity index (χ1v) is 10.2. The summed E-state index contributed by atoms with van der Waals surface area (Å²) in [5.41, 5.74) is 2.17. The van der Waals surface area contributed by atoms with Gasteiger partial charge in [-0.1, -0.05) is 60.7 Å². The molecule has 1 aliphatic heterocycles. The number of carboxylic acid groups (broad SMARTS) is 1. The topological polar surface area (TPSA) is 120 Å². The molecule has 1 aliphatic rings. The number of carbonyl (C=O) groups is 3. The van der Waals surface area contributed by atoms with E-state index in [-0.39, 0.29) is 35.5 Å². The van der Waals surface area contributed by atoms with Gasteiger partial charge in [0.25, 0.3) is 0 Å². The van der Waals surface area contributed by atoms with Crippen LogP contribution in [-0.4, -0.2) is 42.5 Å². The molecule has 0 aromatic heterocycles. The molecule has 7 nitrogen and oxygen atoms in total. The van der Waals surface area contributed by atoms with Crippen LogP contribution in [0.2, 0.25) is 0 Å². The third kappa shape index (κ3) is 8.10. The Hall–Kier alpha value is -2.19. The standard InChI is InChI=1S/C23H27N3O4.Na/c27-21(24-14-8-7-11-16-9-3-1-4-10-16)18(15-17-12-5-2-6-13-17)25-22(28)19-20(26-19)23(29)30;/h1-6,9-10,12-13,18-20,26H,7-8,11,14-15H2,(H,24,27)(H,25,28)(H,29,30);/q;+1/p-1/t18-,19-,20-;/m0./s1. The average molecular weight is 431 g/mol. The van der Waals surface area contributed by atoms with Crippen LogP contribution in [0.25, 0.3) is 0 Å². The van der Waals surface area contributed by atoms with Gasteiger partial charge in [-0.25, -0.2) is 0 Å². The maximum absolute atomic E-state index is 12.7. The van der Waals surface area contributed by atoms with Crippen molar-refractivity contribution in [1.82, 2.24) is 16.0 Å². The zero-order valence-electron chi connectivity index (χ0n) is 17.7. The molecule has 0 bridgehead atoms. The largest absolute Gasteiger partial charge is 1.00 e. The van der Waals surface area contributed by atoms with Crippen molar-refractivity contribution in [2.45, 2.75) is 43.8 Å². The number of carboxylic acids is 1. The van der Waals surface area contributed by atoms with Gasteiger partial charge in [0.1, 0.15) is 12.1 Å². The van der Waals surface area contributed by atoms with Crippen molar-refractivity contribution in [3.8, 4) is 0 Å². The van der Waals surface area contributed by atoms with Crippen LogP contribution in [0.3, 0.4) is 0 Å². The molecule has 3 N–H and O–H groups in total. The number of aryl methyl sites for hydroxylation is 1. The smallest absolute Gasteiger partial charge is 0.548 e. The summed E-state index contributed by atoms with van der Waals surface area (Å²) in [5, 5.41) is 19.0. The van der Waals surface area contributed by atoms with Gasteiger partial charge >= 0.3 is 29.6 Å². The van der Waals surface area contributed by atoms with E-state index in [4.69, 9.17) is 0 Å². The Labute approximate surface area is 204 Å². The number of hydrogen-bond donors (Lipinski definition) is 3. The van der Waals surface area contributed by atoms with Crippen LogP contribution in [0.1, 0.15) is 24.0 Å². The van der Waals surface area contributed by atoms with E-state index < -0.39 is 30.0 Å². The minimum Gasteiger partial charge on any atom is -0.548 e. The van der Waals surface area contributed by atoms with Gasteiger partial charge in [-0.15, -0.1) is 0 Å². The van der Waals surface area contributed by atoms with Crippen LogP contribution in [-0.2, 0) is 27.2 Å². The monoisotopic (exact) mass is 431 g/mol. The number of hydrogen-bond acceptors (Lipinski definition) is 5. The number of aliphatic carboxylic acids is 1. The van der Waals surface area contributed by atoms with E-state index in [9.17, 15) is 19.5 Å². The molecule has 2 amide bonds. The summed E-state index contributed by atoms with van der Waals surface area (Å²) in [6, 6.07) is 16.9. The van der Waals surface area contributed by atoms with Crippen molar-refractivity contribution in [3.63, 3.8) is 0 Å². The molecule has 0 saturated carbocycles. The molecular weight excluding hydrogens is 405 g/mol. The van der Waals surface area contributed by atoms with E-state index in [0.29, 0.717) is 13.0 Å². The molecule has 0 spiro atoms. The molecule has 0 unspecified atom stereocenters. The number of rotatable bonds is 11. The van der Waals surface area contributed by atoms with Gasteiger partial charge < -0.3 is 20.5 Å². The van der Waals surface area contributed by atoms with Crippen LogP contribution < -0.4 is 50.6 Å². The fraction of sp³-hybridized carbons (Fsp3) is 0.348. The Kier molecular flexibility index (Phi) is 10.2. The summed E-state index contributed by atoms with van der Waals surface area (Å²) in [6.07, 6.45) is 3.03. The predicted octanol–water partition coefficient (Wildman–Crippen LogP) is -3.05. The zero-order valence-corrected chi connectivity index (χ0v) is 19.7. The van der Waals surface area contributed by atoms with E-state index in [2.05, 4.69) is 28.1 Å². The Morgan fingerprint density at radius 3 is 2.10 bits per heavy atom. The number of nitrogens with one attached hydrogen (secondary N) is 3. The summed E-state index contributed by atoms with van der Waals surface area (Å²) >= 11 is 0. The molecule has 2 aromatic rings. The van der Waals surface area contributed by atoms with Crippen LogP contribution in [0.5, 0.6) is 0 Å². The van der Waals surface area contributed by atoms with Crippen LogP contribution in [0.4, 0.5) is 0 Å². The fourth-order valence-corrected chi connectivity index (χ4v) is 3.32. The molecular formula is C23H26N3NaO4. The molecule has 0 aliphatic carbocycles. The molecule has 1 heterocycles. The molecule has 2 aromatic carbocycles. The summed E-state index contributed by atoms with van der Waals surface area (Å²) < 4.78 is 0. The first-order valence-electron chi connectivity index (χ1n) is 10.2. The van der Waals surface area contributed by atoms with Crippen LogP contribution >= 0.6 is 0 Å². The van der Waals surface area contributed by atoms with E-state index in [1.807, 2.05) is 48.5 Å². The van der Waals surface area contributed by atoms with Crippen molar-refractivity contribution in [1.29, 1.82) is 0 Å². The van der Waals surface area contributed by atoms with E-state index in [1.165, 1.54) is 5.56 Å². The van der Waals surface area contributed by atoms with E-state index in [1.54, 1.807) is 0 Å². The van der Waals surface area contributed by atoms with Gasteiger partial charge in [0.15, 0.2) is 0 Å². The van der Waals surface area contributed by atoms with Crippen molar-refractivity contribution >= 4 is 17.8 Å². The summed E-state index contributed by atoms with van der Waals surface area (Å²) in [5.74, 6) is -2.11. The second-order valence-electron chi connectivity index (χ2n) is 7.43. The van der Waals surface area contributed by atoms with Gasteiger partial charge in [0.05, 0.1) is 12.0 Å². The van der Waals surface area contributed by atoms with Crippen molar-refractivity contribution in [2.24, 2.45) is 0 Å². The average Bonchev–Trinajstić information content (AvgIpc) is 3.56. The number of benzene rings is 2. The fourth-order valence-electron chi connectivity index (χ4n) is 3.32. The first kappa shape index (κ1) is 25.1. The second kappa shape index (κ2) is 12.6. The van der Waals surface area contributed by atoms with Crippen LogP contribution in [0.15, 0.2) is 60.7 Å². The molecule has 3 atom stereocenters. The molecule has 8 heteroatoms. The maximum atomic E-state index is 12.7. The summed E-state index contributed by atoms with van der Waals surface area (Å²) in [6.45, 7) is 0.510. The first-order chi connectivity index (χ1) is 14.5. The Balaban J connectivity index is 0.00000341. The number of unbranched alkanes of at least 4 members (excludes halogenated alkanes) is 1. The predicted molar refractivity (Wildman–Crippen MR) is 110 cm³/mol. The van der Waals surface area contributed by atoms with E-state index in [0.717, 1.165) is 24.8 Å². The van der Waals surface area contributed by atoms with Crippen molar-refractivity contribution in [3.05, 3.63) is 71.8 Å². The Bertz CT molecular complexity index is 864. The zero-order chi connectivity index (χ0) is 21.3. The van der Waals surface area contributed by atoms with Gasteiger partial charge in [-0.2, -0.15) is 0 Å². The third-order valence-corrected chi connectivity index (χ3v) is 5.07. The van der Waals surface area contributed by atoms with Gasteiger partial charge in [0.2, 0.25) is 11.8 Å². The Morgan fingerprint density at radius 1 is 0.903 bits per heavy atom. The molecule has 31 heavy (non-hydrogen) atoms. The van der Waals surface area contributed by atoms with Crippen molar-refractivity contribution in [2.75, 3.05) is 6.54 Å². The SMILES string of the molecule is O=C(NCCCCc1ccccc1)[C@H](Cc1ccccc1)NC(=O)[C@H]1N[C@@H]1C(=O)[O-].[Na+].